The zero-order chi connectivity index (χ0) is 18.4. The van der Waals surface area contributed by atoms with Crippen molar-refractivity contribution in [3.05, 3.63) is 59.3 Å². The first-order chi connectivity index (χ1) is 11.9. The fourth-order valence-electron chi connectivity index (χ4n) is 2.14. The lowest BCUT2D eigenvalue weighted by Crippen LogP contribution is -2.25. The molecule has 4 nitrogen and oxygen atoms in total. The third kappa shape index (κ3) is 5.09. The number of rotatable bonds is 7. The number of halogens is 2. The Morgan fingerprint density at radius 3 is 2.48 bits per heavy atom. The van der Waals surface area contributed by atoms with Gasteiger partial charge in [0.15, 0.2) is 6.10 Å². The van der Waals surface area contributed by atoms with Gasteiger partial charge in [-0.3, -0.25) is 4.79 Å². The van der Waals surface area contributed by atoms with Crippen LogP contribution in [0.4, 0.5) is 8.78 Å². The molecule has 7 heteroatoms. The minimum Gasteiger partial charge on any atom is -0.451 e. The monoisotopic (exact) mass is 365 g/mol. The zero-order valence-electron chi connectivity index (χ0n) is 13.7. The number of nitrogens with zero attached hydrogens (tertiary/aromatic N) is 1. The molecule has 0 aliphatic heterocycles. The number of ketones is 1. The second-order valence-corrected chi connectivity index (χ2v) is 6.18. The van der Waals surface area contributed by atoms with Gasteiger partial charge in [-0.05, 0) is 42.8 Å². The lowest BCUT2D eigenvalue weighted by Gasteiger charge is -2.14. The van der Waals surface area contributed by atoms with Crippen LogP contribution in [-0.2, 0) is 11.2 Å². The standard InChI is InChI=1S/C18H17F2NO3S/c1-3-12-6-8-13(9-7-12)15(22)11(2)24-17(23)14-5-4-10-21-16(14)25-18(19)20/h4-11,18H,3H2,1-2H3. The summed E-state index contributed by atoms with van der Waals surface area (Å²) >= 11 is 0.159. The molecule has 0 aliphatic rings. The number of hydrogen-bond donors (Lipinski definition) is 0. The van der Waals surface area contributed by atoms with Crippen molar-refractivity contribution in [3.8, 4) is 0 Å². The molecule has 1 heterocycles. The average molecular weight is 365 g/mol. The Hall–Kier alpha value is -2.28. The van der Waals surface area contributed by atoms with Crippen molar-refractivity contribution in [3.63, 3.8) is 0 Å². The Morgan fingerprint density at radius 2 is 1.88 bits per heavy atom. The number of aryl methyl sites for hydroxylation is 1. The van der Waals surface area contributed by atoms with E-state index in [4.69, 9.17) is 4.74 Å². The summed E-state index contributed by atoms with van der Waals surface area (Å²) < 4.78 is 30.3. The van der Waals surface area contributed by atoms with E-state index in [2.05, 4.69) is 4.98 Å². The topological polar surface area (TPSA) is 56.3 Å². The number of carbonyl (C=O) groups is 2. The maximum Gasteiger partial charge on any atom is 0.341 e. The van der Waals surface area contributed by atoms with Gasteiger partial charge < -0.3 is 4.74 Å². The molecule has 1 aromatic heterocycles. The second kappa shape index (κ2) is 8.71. The Kier molecular flexibility index (Phi) is 6.64. The van der Waals surface area contributed by atoms with Gasteiger partial charge in [0, 0.05) is 11.8 Å². The highest BCUT2D eigenvalue weighted by atomic mass is 32.2. The third-order valence-corrected chi connectivity index (χ3v) is 4.22. The predicted molar refractivity (Wildman–Crippen MR) is 91.1 cm³/mol. The van der Waals surface area contributed by atoms with E-state index in [1.54, 1.807) is 12.1 Å². The molecular weight excluding hydrogens is 348 g/mol. The Balaban J connectivity index is 2.10. The summed E-state index contributed by atoms with van der Waals surface area (Å²) in [6, 6.07) is 9.80. The molecule has 1 unspecified atom stereocenters. The molecule has 1 aromatic carbocycles. The van der Waals surface area contributed by atoms with Crippen LogP contribution in [0.5, 0.6) is 0 Å². The summed E-state index contributed by atoms with van der Waals surface area (Å²) in [6.07, 6.45) is 1.13. The van der Waals surface area contributed by atoms with Gasteiger partial charge >= 0.3 is 5.97 Å². The maximum absolute atomic E-state index is 12.6. The highest BCUT2D eigenvalue weighted by Crippen LogP contribution is 2.27. The first-order valence-electron chi connectivity index (χ1n) is 7.66. The SMILES string of the molecule is CCc1ccc(C(=O)C(C)OC(=O)c2cccnc2SC(F)F)cc1. The van der Waals surface area contributed by atoms with Crippen molar-refractivity contribution in [1.29, 1.82) is 0 Å². The first-order valence-corrected chi connectivity index (χ1v) is 8.54. The van der Waals surface area contributed by atoms with Crippen LogP contribution >= 0.6 is 11.8 Å². The highest BCUT2D eigenvalue weighted by Gasteiger charge is 2.23. The number of esters is 1. The number of benzene rings is 1. The molecule has 2 rings (SSSR count). The minimum atomic E-state index is -2.71. The van der Waals surface area contributed by atoms with Gasteiger partial charge in [0.2, 0.25) is 5.78 Å². The normalized spacial score (nSPS) is 12.0. The van der Waals surface area contributed by atoms with Crippen LogP contribution in [0.2, 0.25) is 0 Å². The van der Waals surface area contributed by atoms with Crippen molar-refractivity contribution >= 4 is 23.5 Å². The van der Waals surface area contributed by atoms with Crippen LogP contribution in [0, 0.1) is 0 Å². The number of carbonyl (C=O) groups excluding carboxylic acids is 2. The van der Waals surface area contributed by atoms with Gasteiger partial charge in [0.25, 0.3) is 5.76 Å². The summed E-state index contributed by atoms with van der Waals surface area (Å²) in [4.78, 5) is 28.3. The van der Waals surface area contributed by atoms with E-state index in [9.17, 15) is 18.4 Å². The summed E-state index contributed by atoms with van der Waals surface area (Å²) in [5, 5.41) is -0.130. The smallest absolute Gasteiger partial charge is 0.341 e. The number of thioether (sulfide) groups is 1. The molecule has 0 fully saturated rings. The molecule has 0 N–H and O–H groups in total. The predicted octanol–water partition coefficient (Wildman–Crippen LogP) is 4.39. The zero-order valence-corrected chi connectivity index (χ0v) is 14.6. The van der Waals surface area contributed by atoms with Crippen LogP contribution in [0.3, 0.4) is 0 Å². The number of ether oxygens (including phenoxy) is 1. The van der Waals surface area contributed by atoms with Crippen LogP contribution in [0.25, 0.3) is 0 Å². The van der Waals surface area contributed by atoms with Crippen molar-refractivity contribution in [2.75, 3.05) is 0 Å². The summed E-state index contributed by atoms with van der Waals surface area (Å²) in [7, 11) is 0. The van der Waals surface area contributed by atoms with Crippen molar-refractivity contribution in [1.82, 2.24) is 4.98 Å². The first kappa shape index (κ1) is 19.1. The molecule has 2 aromatic rings. The highest BCUT2D eigenvalue weighted by molar-refractivity contribution is 7.99. The van der Waals surface area contributed by atoms with Crippen LogP contribution in [0.1, 0.15) is 40.1 Å². The molecule has 0 bridgehead atoms. The van der Waals surface area contributed by atoms with Crippen LogP contribution < -0.4 is 0 Å². The van der Waals surface area contributed by atoms with Gasteiger partial charge in [0.05, 0.1) is 5.56 Å². The molecule has 132 valence electrons. The van der Waals surface area contributed by atoms with Gasteiger partial charge in [-0.15, -0.1) is 0 Å². The summed E-state index contributed by atoms with van der Waals surface area (Å²) in [6.45, 7) is 3.45. The largest absolute Gasteiger partial charge is 0.451 e. The van der Waals surface area contributed by atoms with Crippen LogP contribution in [0.15, 0.2) is 47.6 Å². The number of Topliss-reactive ketones (excluding diaryl/α,β-unsaturated/α-hetero) is 1. The van der Waals surface area contributed by atoms with Crippen molar-refractivity contribution < 1.29 is 23.1 Å². The number of hydrogen-bond acceptors (Lipinski definition) is 5. The Labute approximate surface area is 148 Å². The van der Waals surface area contributed by atoms with E-state index >= 15 is 0 Å². The van der Waals surface area contributed by atoms with Gasteiger partial charge in [-0.25, -0.2) is 9.78 Å². The Morgan fingerprint density at radius 1 is 1.20 bits per heavy atom. The van der Waals surface area contributed by atoms with E-state index < -0.39 is 17.8 Å². The van der Waals surface area contributed by atoms with Gasteiger partial charge in [-0.1, -0.05) is 31.2 Å². The summed E-state index contributed by atoms with van der Waals surface area (Å²) in [5.41, 5.74) is 1.42. The second-order valence-electron chi connectivity index (χ2n) is 5.20. The molecule has 0 radical (unpaired) electrons. The maximum atomic E-state index is 12.6. The fraction of sp³-hybridized carbons (Fsp3) is 0.278. The Bertz CT molecular complexity index is 750. The lowest BCUT2D eigenvalue weighted by molar-refractivity contribution is 0.0314. The molecule has 1 atom stereocenters. The molecule has 25 heavy (non-hydrogen) atoms. The molecule has 0 saturated heterocycles. The molecule has 0 spiro atoms. The minimum absolute atomic E-state index is 0.0891. The van der Waals surface area contributed by atoms with Crippen LogP contribution in [-0.4, -0.2) is 28.6 Å². The van der Waals surface area contributed by atoms with E-state index in [-0.39, 0.29) is 28.1 Å². The van der Waals surface area contributed by atoms with Gasteiger partial charge in [-0.2, -0.15) is 8.78 Å². The van der Waals surface area contributed by atoms with Crippen molar-refractivity contribution in [2.24, 2.45) is 0 Å². The molecule has 0 amide bonds. The lowest BCUT2D eigenvalue weighted by atomic mass is 10.0. The number of pyridine rings is 1. The summed E-state index contributed by atoms with van der Waals surface area (Å²) in [5.74, 6) is -3.93. The van der Waals surface area contributed by atoms with E-state index in [1.165, 1.54) is 25.3 Å². The quantitative estimate of drug-likeness (QED) is 0.414. The number of alkyl halides is 2. The van der Waals surface area contributed by atoms with Gasteiger partial charge in [0.1, 0.15) is 5.03 Å². The fourth-order valence-corrected chi connectivity index (χ4v) is 2.71. The molecule has 0 aliphatic carbocycles. The van der Waals surface area contributed by atoms with E-state index in [0.29, 0.717) is 5.56 Å². The average Bonchev–Trinajstić information content (AvgIpc) is 2.61. The van der Waals surface area contributed by atoms with E-state index in [1.807, 2.05) is 19.1 Å². The third-order valence-electron chi connectivity index (χ3n) is 3.49. The number of aromatic nitrogens is 1. The molecule has 0 saturated carbocycles. The van der Waals surface area contributed by atoms with Crippen molar-refractivity contribution in [2.45, 2.75) is 37.2 Å². The molecular formula is C18H17F2NO3S. The van der Waals surface area contributed by atoms with E-state index in [0.717, 1.165) is 12.0 Å².